The minimum Gasteiger partial charge on any atom is -0.365 e. The second-order valence-corrected chi connectivity index (χ2v) is 6.78. The van der Waals surface area contributed by atoms with E-state index < -0.39 is 18.3 Å². The Morgan fingerprint density at radius 1 is 0.800 bits per heavy atom. The number of benzene rings is 2. The van der Waals surface area contributed by atoms with Crippen LogP contribution in [0.15, 0.2) is 60.7 Å². The summed E-state index contributed by atoms with van der Waals surface area (Å²) in [5.74, 6) is -1.06. The molecule has 1 N–H and O–H groups in total. The first-order valence-corrected chi connectivity index (χ1v) is 9.25. The lowest BCUT2D eigenvalue weighted by molar-refractivity contribution is 0.137. The molecule has 0 unspecified atom stereocenters. The number of nitrogens with one attached hydrogen (secondary N) is 1. The Balaban J connectivity index is 1.65. The molecule has 2 aromatic carbocycles. The van der Waals surface area contributed by atoms with E-state index in [1.165, 1.54) is 18.2 Å². The lowest BCUT2D eigenvalue weighted by Gasteiger charge is -2.20. The summed E-state index contributed by atoms with van der Waals surface area (Å²) in [6.07, 6.45) is -2.36. The minimum absolute atomic E-state index is 0.176. The summed E-state index contributed by atoms with van der Waals surface area (Å²) in [6, 6.07) is 15.2. The second-order valence-electron chi connectivity index (χ2n) is 6.78. The molecule has 0 bridgehead atoms. The number of alkyl halides is 2. The molecule has 0 saturated carbocycles. The zero-order valence-electron chi connectivity index (χ0n) is 15.6. The number of halogens is 4. The Morgan fingerprint density at radius 2 is 1.40 bits per heavy atom. The highest BCUT2D eigenvalue weighted by atomic mass is 19.3. The molecule has 0 aliphatic carbocycles. The Bertz CT molecular complexity index is 1110. The van der Waals surface area contributed by atoms with Crippen LogP contribution in [0.4, 0.5) is 23.4 Å². The summed E-state index contributed by atoms with van der Waals surface area (Å²) in [4.78, 5) is 0. The molecular weight excluding hydrogens is 398 g/mol. The van der Waals surface area contributed by atoms with Crippen LogP contribution >= 0.6 is 0 Å². The zero-order chi connectivity index (χ0) is 21.1. The van der Waals surface area contributed by atoms with E-state index in [4.69, 9.17) is 0 Å². The molecule has 0 fully saturated rings. The van der Waals surface area contributed by atoms with Gasteiger partial charge in [-0.3, -0.25) is 0 Å². The van der Waals surface area contributed by atoms with Gasteiger partial charge in [-0.2, -0.15) is 4.52 Å². The van der Waals surface area contributed by atoms with E-state index in [0.717, 1.165) is 4.52 Å². The first-order valence-electron chi connectivity index (χ1n) is 9.25. The summed E-state index contributed by atoms with van der Waals surface area (Å²) in [5, 5.41) is 14.4. The normalized spacial score (nSPS) is 11.5. The standard InChI is InChI=1S/C21H17F4N5/c22-16-7-3-1-5-13(16)11-15(12-14-6-2-4-8-17(14)23)26-18-9-10-19-27-28-21(20(24)25)30(19)29-18/h1-10,15,20H,11-12H2,(H,26,29). The van der Waals surface area contributed by atoms with Crippen molar-refractivity contribution in [3.8, 4) is 0 Å². The fraction of sp³-hybridized carbons (Fsp3) is 0.190. The monoisotopic (exact) mass is 415 g/mol. The molecule has 0 spiro atoms. The maximum atomic E-state index is 14.2. The predicted octanol–water partition coefficient (Wildman–Crippen LogP) is 4.61. The average Bonchev–Trinajstić information content (AvgIpc) is 3.15. The van der Waals surface area contributed by atoms with Crippen LogP contribution in [0.25, 0.3) is 5.65 Å². The van der Waals surface area contributed by atoms with Gasteiger partial charge < -0.3 is 5.32 Å². The highest BCUT2D eigenvalue weighted by Gasteiger charge is 2.19. The molecule has 0 radical (unpaired) electrons. The molecule has 4 aromatic rings. The Hall–Kier alpha value is -3.49. The first kappa shape index (κ1) is 19.8. The third kappa shape index (κ3) is 4.24. The van der Waals surface area contributed by atoms with Crippen molar-refractivity contribution in [1.82, 2.24) is 19.8 Å². The van der Waals surface area contributed by atoms with Gasteiger partial charge in [0.1, 0.15) is 17.5 Å². The SMILES string of the molecule is Fc1ccccc1CC(Cc1ccccc1F)Nc1ccc2nnc(C(F)F)n2n1. The van der Waals surface area contributed by atoms with Crippen molar-refractivity contribution in [2.24, 2.45) is 0 Å². The smallest absolute Gasteiger partial charge is 0.299 e. The van der Waals surface area contributed by atoms with Gasteiger partial charge in [0.15, 0.2) is 5.65 Å². The van der Waals surface area contributed by atoms with Crippen molar-refractivity contribution in [3.63, 3.8) is 0 Å². The van der Waals surface area contributed by atoms with E-state index in [1.54, 1.807) is 42.5 Å². The third-order valence-electron chi connectivity index (χ3n) is 4.68. The molecule has 5 nitrogen and oxygen atoms in total. The van der Waals surface area contributed by atoms with Gasteiger partial charge in [0.25, 0.3) is 6.43 Å². The molecule has 2 heterocycles. The van der Waals surface area contributed by atoms with E-state index in [2.05, 4.69) is 20.6 Å². The number of fused-ring (bicyclic) bond motifs is 1. The zero-order valence-corrected chi connectivity index (χ0v) is 15.6. The molecule has 154 valence electrons. The Labute approximate surface area is 169 Å². The van der Waals surface area contributed by atoms with Gasteiger partial charge in [-0.25, -0.2) is 17.6 Å². The van der Waals surface area contributed by atoms with E-state index in [9.17, 15) is 17.6 Å². The van der Waals surface area contributed by atoms with Crippen LogP contribution < -0.4 is 5.32 Å². The fourth-order valence-electron chi connectivity index (χ4n) is 3.26. The number of anilines is 1. The summed E-state index contributed by atoms with van der Waals surface area (Å²) < 4.78 is 55.6. The molecule has 2 aromatic heterocycles. The maximum Gasteiger partial charge on any atom is 0.299 e. The van der Waals surface area contributed by atoms with Gasteiger partial charge in [0.05, 0.1) is 0 Å². The molecular formula is C21H17F4N5. The highest BCUT2D eigenvalue weighted by Crippen LogP contribution is 2.20. The molecule has 30 heavy (non-hydrogen) atoms. The van der Waals surface area contributed by atoms with Crippen molar-refractivity contribution in [2.75, 3.05) is 5.32 Å². The van der Waals surface area contributed by atoms with Crippen molar-refractivity contribution in [2.45, 2.75) is 25.3 Å². The molecule has 0 amide bonds. The number of nitrogens with zero attached hydrogens (tertiary/aromatic N) is 4. The predicted molar refractivity (Wildman–Crippen MR) is 103 cm³/mol. The summed E-state index contributed by atoms with van der Waals surface area (Å²) in [6.45, 7) is 0. The average molecular weight is 415 g/mol. The van der Waals surface area contributed by atoms with Crippen LogP contribution in [0.5, 0.6) is 0 Å². The molecule has 0 saturated heterocycles. The van der Waals surface area contributed by atoms with E-state index in [1.807, 2.05) is 0 Å². The molecule has 9 heteroatoms. The van der Waals surface area contributed by atoms with Gasteiger partial charge in [0, 0.05) is 6.04 Å². The number of hydrogen-bond donors (Lipinski definition) is 1. The fourth-order valence-corrected chi connectivity index (χ4v) is 3.26. The highest BCUT2D eigenvalue weighted by molar-refractivity contribution is 5.45. The van der Waals surface area contributed by atoms with Crippen molar-refractivity contribution >= 4 is 11.5 Å². The van der Waals surface area contributed by atoms with E-state index in [0.29, 0.717) is 11.1 Å². The number of aromatic nitrogens is 4. The van der Waals surface area contributed by atoms with Crippen molar-refractivity contribution in [3.05, 3.63) is 89.2 Å². The first-order chi connectivity index (χ1) is 14.5. The van der Waals surface area contributed by atoms with Gasteiger partial charge in [-0.05, 0) is 48.2 Å². The van der Waals surface area contributed by atoms with Gasteiger partial charge in [0.2, 0.25) is 5.82 Å². The molecule has 0 aliphatic heterocycles. The van der Waals surface area contributed by atoms with Crippen LogP contribution in [0.2, 0.25) is 0 Å². The topological polar surface area (TPSA) is 55.1 Å². The van der Waals surface area contributed by atoms with Gasteiger partial charge >= 0.3 is 0 Å². The summed E-state index contributed by atoms with van der Waals surface area (Å²) >= 11 is 0. The summed E-state index contributed by atoms with van der Waals surface area (Å²) in [5.41, 5.74) is 1.07. The van der Waals surface area contributed by atoms with Gasteiger partial charge in [-0.15, -0.1) is 15.3 Å². The molecule has 0 atom stereocenters. The van der Waals surface area contributed by atoms with Crippen molar-refractivity contribution in [1.29, 1.82) is 0 Å². The summed E-state index contributed by atoms with van der Waals surface area (Å²) in [7, 11) is 0. The third-order valence-corrected chi connectivity index (χ3v) is 4.68. The van der Waals surface area contributed by atoms with Crippen LogP contribution in [0.3, 0.4) is 0 Å². The quantitative estimate of drug-likeness (QED) is 0.448. The van der Waals surface area contributed by atoms with Crippen molar-refractivity contribution < 1.29 is 17.6 Å². The minimum atomic E-state index is -2.84. The van der Waals surface area contributed by atoms with E-state index >= 15 is 0 Å². The lowest BCUT2D eigenvalue weighted by Crippen LogP contribution is -2.27. The Morgan fingerprint density at radius 3 is 1.97 bits per heavy atom. The van der Waals surface area contributed by atoms with Crippen LogP contribution in [0, 0.1) is 11.6 Å². The largest absolute Gasteiger partial charge is 0.365 e. The number of hydrogen-bond acceptors (Lipinski definition) is 4. The van der Waals surface area contributed by atoms with Crippen LogP contribution in [0.1, 0.15) is 23.4 Å². The van der Waals surface area contributed by atoms with E-state index in [-0.39, 0.29) is 35.9 Å². The van der Waals surface area contributed by atoms with Crippen LogP contribution in [-0.4, -0.2) is 25.9 Å². The van der Waals surface area contributed by atoms with Crippen LogP contribution in [-0.2, 0) is 12.8 Å². The lowest BCUT2D eigenvalue weighted by atomic mass is 9.98. The Kier molecular flexibility index (Phi) is 5.60. The maximum absolute atomic E-state index is 14.2. The molecule has 0 aliphatic rings. The molecule has 4 rings (SSSR count). The van der Waals surface area contributed by atoms with Gasteiger partial charge in [-0.1, -0.05) is 36.4 Å². The number of rotatable bonds is 7. The second kappa shape index (κ2) is 8.48.